The number of nitrogens with one attached hydrogen (secondary N) is 2. The highest BCUT2D eigenvalue weighted by atomic mass is 35.5. The van der Waals surface area contributed by atoms with E-state index in [2.05, 4.69) is 10.9 Å². The first-order chi connectivity index (χ1) is 11.9. The van der Waals surface area contributed by atoms with Crippen molar-refractivity contribution in [2.75, 3.05) is 0 Å². The standard InChI is InChI=1S/C19H23ClN2O3/c20-15-4-2-1-3-14(15)17(24)22-21-16(23)10-18-6-12-5-13(7-18)9-19(25,8-12)11-18/h1-4,12-13,25H,5-11H2,(H,21,23)(H,22,24)/t12-,13+,18?,19?. The van der Waals surface area contributed by atoms with Gasteiger partial charge in [0.2, 0.25) is 5.91 Å². The Morgan fingerprint density at radius 2 is 1.80 bits per heavy atom. The van der Waals surface area contributed by atoms with E-state index in [1.807, 2.05) is 0 Å². The molecule has 4 aliphatic rings. The number of hydrazine groups is 1. The summed E-state index contributed by atoms with van der Waals surface area (Å²) in [7, 11) is 0. The molecule has 4 atom stereocenters. The Balaban J connectivity index is 1.37. The van der Waals surface area contributed by atoms with Crippen molar-refractivity contribution in [1.29, 1.82) is 0 Å². The highest BCUT2D eigenvalue weighted by molar-refractivity contribution is 6.33. The number of aliphatic hydroxyl groups is 1. The van der Waals surface area contributed by atoms with E-state index in [0.29, 0.717) is 35.3 Å². The fraction of sp³-hybridized carbons (Fsp3) is 0.579. The van der Waals surface area contributed by atoms with Crippen molar-refractivity contribution in [2.45, 2.75) is 50.5 Å². The van der Waals surface area contributed by atoms with Crippen LogP contribution < -0.4 is 10.9 Å². The molecule has 0 radical (unpaired) electrons. The van der Waals surface area contributed by atoms with Crippen LogP contribution in [-0.2, 0) is 4.79 Å². The van der Waals surface area contributed by atoms with Crippen molar-refractivity contribution >= 4 is 23.4 Å². The second-order valence-electron chi connectivity index (χ2n) is 8.34. The average Bonchev–Trinajstić information content (AvgIpc) is 2.50. The van der Waals surface area contributed by atoms with Crippen LogP contribution in [0.25, 0.3) is 0 Å². The van der Waals surface area contributed by atoms with Crippen LogP contribution in [0, 0.1) is 17.3 Å². The van der Waals surface area contributed by atoms with Gasteiger partial charge in [0.25, 0.3) is 5.91 Å². The summed E-state index contributed by atoms with van der Waals surface area (Å²) >= 11 is 5.99. The summed E-state index contributed by atoms with van der Waals surface area (Å²) in [4.78, 5) is 24.5. The molecule has 4 bridgehead atoms. The molecule has 6 heteroatoms. The molecule has 4 aliphatic carbocycles. The minimum absolute atomic E-state index is 0.113. The van der Waals surface area contributed by atoms with Crippen molar-refractivity contribution in [3.05, 3.63) is 34.9 Å². The molecule has 5 nitrogen and oxygen atoms in total. The monoisotopic (exact) mass is 362 g/mol. The number of benzene rings is 1. The minimum Gasteiger partial charge on any atom is -0.390 e. The Hall–Kier alpha value is -1.59. The van der Waals surface area contributed by atoms with Gasteiger partial charge in [-0.05, 0) is 67.9 Å². The highest BCUT2D eigenvalue weighted by Crippen LogP contribution is 2.62. The van der Waals surface area contributed by atoms with Crippen LogP contribution in [0.3, 0.4) is 0 Å². The van der Waals surface area contributed by atoms with Crippen LogP contribution in [0.2, 0.25) is 5.02 Å². The zero-order chi connectivity index (χ0) is 17.7. The summed E-state index contributed by atoms with van der Waals surface area (Å²) in [6.45, 7) is 0. The average molecular weight is 363 g/mol. The van der Waals surface area contributed by atoms with E-state index in [4.69, 9.17) is 11.6 Å². The number of carbonyl (C=O) groups excluding carboxylic acids is 2. The lowest BCUT2D eigenvalue weighted by Gasteiger charge is -2.60. The lowest BCUT2D eigenvalue weighted by molar-refractivity contribution is -0.169. The molecular formula is C19H23ClN2O3. The summed E-state index contributed by atoms with van der Waals surface area (Å²) in [5, 5.41) is 11.1. The number of rotatable bonds is 3. The molecule has 0 spiro atoms. The molecule has 2 unspecified atom stereocenters. The third-order valence-corrected chi connectivity index (χ3v) is 6.45. The zero-order valence-corrected chi connectivity index (χ0v) is 14.8. The van der Waals surface area contributed by atoms with Gasteiger partial charge in [-0.3, -0.25) is 20.4 Å². The molecule has 4 saturated carbocycles. The molecule has 0 heterocycles. The first kappa shape index (κ1) is 16.9. The fourth-order valence-corrected chi connectivity index (χ4v) is 6.05. The van der Waals surface area contributed by atoms with Gasteiger partial charge in [0.15, 0.2) is 0 Å². The van der Waals surface area contributed by atoms with Crippen LogP contribution in [-0.4, -0.2) is 22.5 Å². The van der Waals surface area contributed by atoms with Crippen LogP contribution in [0.5, 0.6) is 0 Å². The number of amides is 2. The van der Waals surface area contributed by atoms with Gasteiger partial charge in [-0.2, -0.15) is 0 Å². The molecule has 0 aliphatic heterocycles. The Morgan fingerprint density at radius 1 is 1.12 bits per heavy atom. The van der Waals surface area contributed by atoms with Gasteiger partial charge >= 0.3 is 0 Å². The lowest BCUT2D eigenvalue weighted by atomic mass is 9.47. The van der Waals surface area contributed by atoms with Crippen molar-refractivity contribution < 1.29 is 14.7 Å². The molecule has 4 fully saturated rings. The number of carbonyl (C=O) groups is 2. The topological polar surface area (TPSA) is 78.4 Å². The van der Waals surface area contributed by atoms with Gasteiger partial charge in [0.05, 0.1) is 16.2 Å². The molecule has 25 heavy (non-hydrogen) atoms. The summed E-state index contributed by atoms with van der Waals surface area (Å²) in [6, 6.07) is 6.71. The van der Waals surface area contributed by atoms with Crippen LogP contribution >= 0.6 is 11.6 Å². The van der Waals surface area contributed by atoms with Gasteiger partial charge < -0.3 is 5.11 Å². The molecule has 134 valence electrons. The number of halogens is 1. The molecule has 5 rings (SSSR count). The SMILES string of the molecule is O=C(CC12C[C@@H]3C[C@@H](CC(O)(C3)C1)C2)NNC(=O)c1ccccc1Cl. The first-order valence-electron chi connectivity index (χ1n) is 8.93. The summed E-state index contributed by atoms with van der Waals surface area (Å²) < 4.78 is 0. The molecule has 1 aromatic rings. The van der Waals surface area contributed by atoms with Crippen molar-refractivity contribution in [1.82, 2.24) is 10.9 Å². The largest absolute Gasteiger partial charge is 0.390 e. The third-order valence-electron chi connectivity index (χ3n) is 6.12. The maximum Gasteiger partial charge on any atom is 0.271 e. The van der Waals surface area contributed by atoms with Crippen molar-refractivity contribution in [2.24, 2.45) is 17.3 Å². The Bertz CT molecular complexity index is 706. The summed E-state index contributed by atoms with van der Waals surface area (Å²) in [5.41, 5.74) is 4.60. The second kappa shape index (κ2) is 5.99. The summed E-state index contributed by atoms with van der Waals surface area (Å²) in [6.07, 6.45) is 6.04. The van der Waals surface area contributed by atoms with E-state index >= 15 is 0 Å². The van der Waals surface area contributed by atoms with Crippen molar-refractivity contribution in [3.8, 4) is 0 Å². The van der Waals surface area contributed by atoms with Gasteiger partial charge in [0, 0.05) is 6.42 Å². The Labute approximate surface area is 152 Å². The fourth-order valence-electron chi connectivity index (χ4n) is 5.83. The minimum atomic E-state index is -0.578. The predicted octanol–water partition coefficient (Wildman–Crippen LogP) is 2.82. The third kappa shape index (κ3) is 3.27. The Morgan fingerprint density at radius 3 is 2.44 bits per heavy atom. The predicted molar refractivity (Wildman–Crippen MR) is 93.7 cm³/mol. The molecule has 0 saturated heterocycles. The van der Waals surface area contributed by atoms with Crippen LogP contribution in [0.4, 0.5) is 0 Å². The van der Waals surface area contributed by atoms with E-state index in [1.54, 1.807) is 24.3 Å². The highest BCUT2D eigenvalue weighted by Gasteiger charge is 2.57. The molecule has 2 amide bonds. The van der Waals surface area contributed by atoms with Gasteiger partial charge in [-0.15, -0.1) is 0 Å². The summed E-state index contributed by atoms with van der Waals surface area (Å²) in [5.74, 6) is 0.447. The maximum atomic E-state index is 12.4. The first-order valence-corrected chi connectivity index (χ1v) is 9.30. The van der Waals surface area contributed by atoms with E-state index in [-0.39, 0.29) is 11.3 Å². The lowest BCUT2D eigenvalue weighted by Crippen LogP contribution is -2.57. The molecule has 1 aromatic carbocycles. The van der Waals surface area contributed by atoms with Crippen LogP contribution in [0.1, 0.15) is 55.3 Å². The number of hydrogen-bond acceptors (Lipinski definition) is 3. The Kier molecular flexibility index (Phi) is 4.04. The smallest absolute Gasteiger partial charge is 0.271 e. The molecule has 0 aromatic heterocycles. The zero-order valence-electron chi connectivity index (χ0n) is 14.1. The van der Waals surface area contributed by atoms with Gasteiger partial charge in [-0.1, -0.05) is 23.7 Å². The van der Waals surface area contributed by atoms with Gasteiger partial charge in [-0.25, -0.2) is 0 Å². The second-order valence-corrected chi connectivity index (χ2v) is 8.75. The number of hydrogen-bond donors (Lipinski definition) is 3. The maximum absolute atomic E-state index is 12.4. The quantitative estimate of drug-likeness (QED) is 0.723. The van der Waals surface area contributed by atoms with Crippen molar-refractivity contribution in [3.63, 3.8) is 0 Å². The van der Waals surface area contributed by atoms with Gasteiger partial charge in [0.1, 0.15) is 0 Å². The normalized spacial score (nSPS) is 35.4. The van der Waals surface area contributed by atoms with E-state index in [0.717, 1.165) is 25.7 Å². The van der Waals surface area contributed by atoms with Crippen LogP contribution in [0.15, 0.2) is 24.3 Å². The van der Waals surface area contributed by atoms with E-state index in [1.165, 1.54) is 6.42 Å². The molecular weight excluding hydrogens is 340 g/mol. The molecule has 3 N–H and O–H groups in total. The van der Waals surface area contributed by atoms with E-state index in [9.17, 15) is 14.7 Å². The van der Waals surface area contributed by atoms with E-state index < -0.39 is 11.5 Å².